The molecule has 0 bridgehead atoms. The van der Waals surface area contributed by atoms with Crippen LogP contribution in [0.1, 0.15) is 51.1 Å². The van der Waals surface area contributed by atoms with Crippen LogP contribution in [0.3, 0.4) is 0 Å². The van der Waals surface area contributed by atoms with Crippen LogP contribution >= 0.6 is 11.6 Å². The van der Waals surface area contributed by atoms with Gasteiger partial charge in [-0.05, 0) is 44.4 Å². The highest BCUT2D eigenvalue weighted by Gasteiger charge is 2.42. The van der Waals surface area contributed by atoms with Crippen LogP contribution < -0.4 is 0 Å². The largest absolute Gasteiger partial charge is 0.481 e. The SMILES string of the molecule is CCCC1(C(=O)O)CCCN(C(C)c2ccccc2Cl)C1. The van der Waals surface area contributed by atoms with Crippen molar-refractivity contribution in [2.45, 2.75) is 45.6 Å². The summed E-state index contributed by atoms with van der Waals surface area (Å²) in [7, 11) is 0. The average molecular weight is 310 g/mol. The molecule has 0 aromatic heterocycles. The fraction of sp³-hybridized carbons (Fsp3) is 0.588. The zero-order chi connectivity index (χ0) is 15.5. The second kappa shape index (κ2) is 6.80. The van der Waals surface area contributed by atoms with Crippen LogP contribution in [0.5, 0.6) is 0 Å². The first kappa shape index (κ1) is 16.3. The maximum Gasteiger partial charge on any atom is 0.310 e. The van der Waals surface area contributed by atoms with Crippen LogP contribution in [0, 0.1) is 5.41 Å². The average Bonchev–Trinajstić information content (AvgIpc) is 2.47. The summed E-state index contributed by atoms with van der Waals surface area (Å²) < 4.78 is 0. The van der Waals surface area contributed by atoms with E-state index in [1.165, 1.54) is 0 Å². The van der Waals surface area contributed by atoms with E-state index in [-0.39, 0.29) is 6.04 Å². The highest BCUT2D eigenvalue weighted by Crippen LogP contribution is 2.39. The van der Waals surface area contributed by atoms with Gasteiger partial charge in [0.15, 0.2) is 0 Å². The third-order valence-corrected chi connectivity index (χ3v) is 5.04. The molecule has 116 valence electrons. The lowest BCUT2D eigenvalue weighted by Crippen LogP contribution is -2.48. The van der Waals surface area contributed by atoms with Gasteiger partial charge in [0.05, 0.1) is 5.41 Å². The fourth-order valence-electron chi connectivity index (χ4n) is 3.47. The molecule has 1 aliphatic rings. The molecule has 1 aliphatic heterocycles. The maximum absolute atomic E-state index is 11.8. The molecule has 1 N–H and O–H groups in total. The number of piperidine rings is 1. The van der Waals surface area contributed by atoms with E-state index in [1.54, 1.807) is 0 Å². The molecular formula is C17H24ClNO2. The van der Waals surface area contributed by atoms with Gasteiger partial charge in [0.1, 0.15) is 0 Å². The topological polar surface area (TPSA) is 40.5 Å². The quantitative estimate of drug-likeness (QED) is 0.878. The van der Waals surface area contributed by atoms with Gasteiger partial charge < -0.3 is 5.11 Å². The van der Waals surface area contributed by atoms with Crippen molar-refractivity contribution in [3.05, 3.63) is 34.9 Å². The lowest BCUT2D eigenvalue weighted by Gasteiger charge is -2.43. The number of halogens is 1. The third-order valence-electron chi connectivity index (χ3n) is 4.69. The van der Waals surface area contributed by atoms with Crippen LogP contribution in [-0.4, -0.2) is 29.1 Å². The summed E-state index contributed by atoms with van der Waals surface area (Å²) in [6.07, 6.45) is 3.36. The van der Waals surface area contributed by atoms with Gasteiger partial charge in [0.25, 0.3) is 0 Å². The minimum Gasteiger partial charge on any atom is -0.481 e. The number of carboxylic acid groups (broad SMARTS) is 1. The molecule has 3 nitrogen and oxygen atoms in total. The van der Waals surface area contributed by atoms with E-state index >= 15 is 0 Å². The second-order valence-electron chi connectivity index (χ2n) is 6.11. The summed E-state index contributed by atoms with van der Waals surface area (Å²) in [6.45, 7) is 5.72. The molecule has 2 rings (SSSR count). The molecule has 0 amide bonds. The minimum absolute atomic E-state index is 0.148. The Bertz CT molecular complexity index is 501. The van der Waals surface area contributed by atoms with Crippen molar-refractivity contribution in [3.63, 3.8) is 0 Å². The van der Waals surface area contributed by atoms with E-state index in [0.29, 0.717) is 6.54 Å². The molecule has 2 atom stereocenters. The van der Waals surface area contributed by atoms with Gasteiger partial charge >= 0.3 is 5.97 Å². The lowest BCUT2D eigenvalue weighted by atomic mass is 9.76. The zero-order valence-electron chi connectivity index (χ0n) is 12.8. The van der Waals surface area contributed by atoms with E-state index in [4.69, 9.17) is 11.6 Å². The van der Waals surface area contributed by atoms with Gasteiger partial charge in [-0.3, -0.25) is 9.69 Å². The van der Waals surface area contributed by atoms with Gasteiger partial charge in [0, 0.05) is 17.6 Å². The molecule has 1 saturated heterocycles. The predicted molar refractivity (Wildman–Crippen MR) is 85.7 cm³/mol. The molecule has 0 spiro atoms. The van der Waals surface area contributed by atoms with E-state index in [0.717, 1.165) is 42.8 Å². The van der Waals surface area contributed by atoms with E-state index in [9.17, 15) is 9.90 Å². The summed E-state index contributed by atoms with van der Waals surface area (Å²) >= 11 is 6.29. The second-order valence-corrected chi connectivity index (χ2v) is 6.51. The molecule has 1 aromatic carbocycles. The van der Waals surface area contributed by atoms with Gasteiger partial charge in [-0.1, -0.05) is 43.1 Å². The number of carbonyl (C=O) groups is 1. The Morgan fingerprint density at radius 3 is 2.81 bits per heavy atom. The van der Waals surface area contributed by atoms with Gasteiger partial charge in [0.2, 0.25) is 0 Å². The fourth-order valence-corrected chi connectivity index (χ4v) is 3.77. The Morgan fingerprint density at radius 1 is 1.48 bits per heavy atom. The van der Waals surface area contributed by atoms with Gasteiger partial charge in [-0.25, -0.2) is 0 Å². The van der Waals surface area contributed by atoms with Crippen molar-refractivity contribution < 1.29 is 9.90 Å². The third kappa shape index (κ3) is 3.41. The van der Waals surface area contributed by atoms with E-state index in [1.807, 2.05) is 24.3 Å². The van der Waals surface area contributed by atoms with Crippen LogP contribution in [0.2, 0.25) is 5.02 Å². The summed E-state index contributed by atoms with van der Waals surface area (Å²) in [5.74, 6) is -0.652. The molecule has 0 saturated carbocycles. The monoisotopic (exact) mass is 309 g/mol. The molecule has 1 heterocycles. The number of rotatable bonds is 5. The highest BCUT2D eigenvalue weighted by atomic mass is 35.5. The first-order valence-electron chi connectivity index (χ1n) is 7.72. The first-order chi connectivity index (χ1) is 10.00. The Morgan fingerprint density at radius 2 is 2.19 bits per heavy atom. The molecule has 1 fully saturated rings. The van der Waals surface area contributed by atoms with Crippen molar-refractivity contribution >= 4 is 17.6 Å². The molecule has 0 aliphatic carbocycles. The molecule has 2 unspecified atom stereocenters. The number of hydrogen-bond acceptors (Lipinski definition) is 2. The predicted octanol–water partition coefficient (Wildman–Crippen LogP) is 4.37. The molecule has 4 heteroatoms. The van der Waals surface area contributed by atoms with Gasteiger partial charge in [-0.2, -0.15) is 0 Å². The van der Waals surface area contributed by atoms with Crippen molar-refractivity contribution in [1.29, 1.82) is 0 Å². The molecule has 1 aromatic rings. The van der Waals surface area contributed by atoms with Gasteiger partial charge in [-0.15, -0.1) is 0 Å². The number of benzene rings is 1. The van der Waals surface area contributed by atoms with Crippen molar-refractivity contribution in [1.82, 2.24) is 4.90 Å². The summed E-state index contributed by atoms with van der Waals surface area (Å²) in [5, 5.41) is 10.4. The summed E-state index contributed by atoms with van der Waals surface area (Å²) in [5.41, 5.74) is 0.486. The Balaban J connectivity index is 2.20. The molecule has 21 heavy (non-hydrogen) atoms. The number of hydrogen-bond donors (Lipinski definition) is 1. The number of nitrogens with zero attached hydrogens (tertiary/aromatic N) is 1. The van der Waals surface area contributed by atoms with Crippen molar-refractivity contribution in [2.24, 2.45) is 5.41 Å². The zero-order valence-corrected chi connectivity index (χ0v) is 13.6. The Hall–Kier alpha value is -1.06. The minimum atomic E-state index is -0.652. The van der Waals surface area contributed by atoms with E-state index < -0.39 is 11.4 Å². The lowest BCUT2D eigenvalue weighted by molar-refractivity contribution is -0.154. The van der Waals surface area contributed by atoms with Crippen LogP contribution in [0.25, 0.3) is 0 Å². The normalized spacial score (nSPS) is 24.7. The number of carboxylic acids is 1. The van der Waals surface area contributed by atoms with Crippen LogP contribution in [0.15, 0.2) is 24.3 Å². The maximum atomic E-state index is 11.8. The van der Waals surface area contributed by atoms with Crippen LogP contribution in [-0.2, 0) is 4.79 Å². The van der Waals surface area contributed by atoms with Crippen molar-refractivity contribution in [2.75, 3.05) is 13.1 Å². The highest BCUT2D eigenvalue weighted by molar-refractivity contribution is 6.31. The number of aliphatic carboxylic acids is 1. The summed E-state index contributed by atoms with van der Waals surface area (Å²) in [6, 6.07) is 7.98. The van der Waals surface area contributed by atoms with E-state index in [2.05, 4.69) is 18.7 Å². The smallest absolute Gasteiger partial charge is 0.310 e. The summed E-state index contributed by atoms with van der Waals surface area (Å²) in [4.78, 5) is 14.1. The van der Waals surface area contributed by atoms with Crippen LogP contribution in [0.4, 0.5) is 0 Å². The molecular weight excluding hydrogens is 286 g/mol. The standard InChI is InChI=1S/C17H24ClNO2/c1-3-9-17(16(20)21)10-6-11-19(12-17)13(2)14-7-4-5-8-15(14)18/h4-5,7-8,13H,3,6,9-12H2,1-2H3,(H,20,21). The molecule has 0 radical (unpaired) electrons. The Labute approximate surface area is 131 Å². The number of likely N-dealkylation sites (tertiary alicyclic amines) is 1. The Kier molecular flexibility index (Phi) is 5.28. The van der Waals surface area contributed by atoms with Crippen molar-refractivity contribution in [3.8, 4) is 0 Å². The first-order valence-corrected chi connectivity index (χ1v) is 8.10.